The van der Waals surface area contributed by atoms with Crippen LogP contribution in [0.1, 0.15) is 13.8 Å². The van der Waals surface area contributed by atoms with E-state index in [1.807, 2.05) is 6.07 Å². The molecule has 1 heterocycles. The molecule has 1 aromatic heterocycles. The molecular weight excluding hydrogens is 214 g/mol. The Kier molecular flexibility index (Phi) is 3.07. The van der Waals surface area contributed by atoms with Crippen molar-refractivity contribution >= 4 is 10.0 Å². The molecule has 0 aliphatic rings. The number of hydrogen-bond donors (Lipinski definition) is 1. The Morgan fingerprint density at radius 3 is 2.67 bits per heavy atom. The van der Waals surface area contributed by atoms with Gasteiger partial charge in [-0.1, -0.05) is 0 Å². The van der Waals surface area contributed by atoms with Gasteiger partial charge < -0.3 is 0 Å². The molecule has 15 heavy (non-hydrogen) atoms. The summed E-state index contributed by atoms with van der Waals surface area (Å²) < 4.78 is 25.7. The predicted octanol–water partition coefficient (Wildman–Crippen LogP) is 0.662. The van der Waals surface area contributed by atoms with E-state index in [1.54, 1.807) is 0 Å². The lowest BCUT2D eigenvalue weighted by atomic mass is 10.1. The third-order valence-electron chi connectivity index (χ3n) is 1.61. The lowest BCUT2D eigenvalue weighted by Crippen LogP contribution is -2.41. The van der Waals surface area contributed by atoms with Crippen LogP contribution in [0.25, 0.3) is 0 Å². The van der Waals surface area contributed by atoms with Crippen molar-refractivity contribution in [3.63, 3.8) is 0 Å². The summed E-state index contributed by atoms with van der Waals surface area (Å²) in [4.78, 5) is 3.75. The van der Waals surface area contributed by atoms with Crippen LogP contribution in [0.5, 0.6) is 0 Å². The highest BCUT2D eigenvalue weighted by Crippen LogP contribution is 2.10. The van der Waals surface area contributed by atoms with E-state index in [0.29, 0.717) is 0 Å². The second kappa shape index (κ2) is 3.96. The molecule has 1 aromatic rings. The number of sulfonamides is 1. The van der Waals surface area contributed by atoms with Gasteiger partial charge in [0.1, 0.15) is 10.4 Å². The number of nitriles is 1. The molecule has 0 radical (unpaired) electrons. The summed E-state index contributed by atoms with van der Waals surface area (Å²) in [7, 11) is -3.67. The van der Waals surface area contributed by atoms with Gasteiger partial charge in [0.25, 0.3) is 0 Å². The molecule has 5 nitrogen and oxygen atoms in total. The minimum Gasteiger partial charge on any atom is -0.263 e. The summed E-state index contributed by atoms with van der Waals surface area (Å²) in [6.07, 6.45) is 2.71. The maximum Gasteiger partial charge on any atom is 0.243 e. The van der Waals surface area contributed by atoms with Crippen molar-refractivity contribution in [3.05, 3.63) is 24.5 Å². The Morgan fingerprint density at radius 2 is 2.20 bits per heavy atom. The van der Waals surface area contributed by atoms with Gasteiger partial charge in [0, 0.05) is 12.4 Å². The third-order valence-corrected chi connectivity index (χ3v) is 3.25. The van der Waals surface area contributed by atoms with E-state index in [1.165, 1.54) is 38.4 Å². The topological polar surface area (TPSA) is 82.9 Å². The zero-order valence-corrected chi connectivity index (χ0v) is 9.25. The maximum absolute atomic E-state index is 11.7. The maximum atomic E-state index is 11.7. The lowest BCUT2D eigenvalue weighted by molar-refractivity contribution is 0.535. The van der Waals surface area contributed by atoms with Crippen LogP contribution in [0.15, 0.2) is 29.4 Å². The van der Waals surface area contributed by atoms with Gasteiger partial charge >= 0.3 is 0 Å². The molecule has 0 spiro atoms. The number of nitrogens with one attached hydrogen (secondary N) is 1. The van der Waals surface area contributed by atoms with Crippen molar-refractivity contribution in [1.82, 2.24) is 9.71 Å². The van der Waals surface area contributed by atoms with Gasteiger partial charge in [0.2, 0.25) is 10.0 Å². The molecule has 0 aliphatic carbocycles. The van der Waals surface area contributed by atoms with Crippen molar-refractivity contribution in [1.29, 1.82) is 5.26 Å². The van der Waals surface area contributed by atoms with Crippen molar-refractivity contribution in [3.8, 4) is 6.07 Å². The molecule has 0 aromatic carbocycles. The summed E-state index contributed by atoms with van der Waals surface area (Å²) in [5, 5.41) is 8.71. The second-order valence-corrected chi connectivity index (χ2v) is 5.21. The zero-order chi connectivity index (χ0) is 11.5. The van der Waals surface area contributed by atoms with Gasteiger partial charge in [-0.3, -0.25) is 4.98 Å². The van der Waals surface area contributed by atoms with Gasteiger partial charge in [-0.2, -0.15) is 9.98 Å². The smallest absolute Gasteiger partial charge is 0.243 e. The average molecular weight is 225 g/mol. The van der Waals surface area contributed by atoms with E-state index in [2.05, 4.69) is 9.71 Å². The Morgan fingerprint density at radius 1 is 1.53 bits per heavy atom. The summed E-state index contributed by atoms with van der Waals surface area (Å²) in [6, 6.07) is 4.80. The molecule has 0 bridgehead atoms. The van der Waals surface area contributed by atoms with Gasteiger partial charge in [-0.25, -0.2) is 8.42 Å². The number of pyridine rings is 1. The van der Waals surface area contributed by atoms with Crippen LogP contribution in [-0.4, -0.2) is 18.9 Å². The molecule has 0 saturated carbocycles. The molecule has 1 rings (SSSR count). The molecule has 0 atom stereocenters. The van der Waals surface area contributed by atoms with Gasteiger partial charge in [-0.15, -0.1) is 0 Å². The fourth-order valence-corrected chi connectivity index (χ4v) is 2.22. The minimum atomic E-state index is -3.67. The third kappa shape index (κ3) is 3.01. The molecule has 0 amide bonds. The summed E-state index contributed by atoms with van der Waals surface area (Å²) in [6.45, 7) is 2.97. The second-order valence-electron chi connectivity index (χ2n) is 3.53. The normalized spacial score (nSPS) is 12.1. The Labute approximate surface area is 88.8 Å². The lowest BCUT2D eigenvalue weighted by Gasteiger charge is -2.17. The molecule has 80 valence electrons. The van der Waals surface area contributed by atoms with E-state index in [-0.39, 0.29) is 4.90 Å². The van der Waals surface area contributed by atoms with Crippen LogP contribution in [0.4, 0.5) is 0 Å². The summed E-state index contributed by atoms with van der Waals surface area (Å²) >= 11 is 0. The monoisotopic (exact) mass is 225 g/mol. The van der Waals surface area contributed by atoms with Crippen LogP contribution in [0.2, 0.25) is 0 Å². The largest absolute Gasteiger partial charge is 0.263 e. The first-order chi connectivity index (χ1) is 6.87. The first-order valence-electron chi connectivity index (χ1n) is 4.23. The zero-order valence-electron chi connectivity index (χ0n) is 8.43. The minimum absolute atomic E-state index is 0.0494. The van der Waals surface area contributed by atoms with Crippen LogP contribution >= 0.6 is 0 Å². The molecule has 0 saturated heterocycles. The van der Waals surface area contributed by atoms with Crippen molar-refractivity contribution in [2.75, 3.05) is 0 Å². The predicted molar refractivity (Wildman–Crippen MR) is 54.3 cm³/mol. The molecular formula is C9H11N3O2S. The summed E-state index contributed by atoms with van der Waals surface area (Å²) in [5.74, 6) is 0. The molecule has 0 unspecified atom stereocenters. The Hall–Kier alpha value is -1.45. The number of aromatic nitrogens is 1. The summed E-state index contributed by atoms with van der Waals surface area (Å²) in [5.41, 5.74) is -1.13. The van der Waals surface area contributed by atoms with Crippen molar-refractivity contribution in [2.45, 2.75) is 24.3 Å². The quantitative estimate of drug-likeness (QED) is 0.819. The van der Waals surface area contributed by atoms with Gasteiger partial charge in [-0.05, 0) is 26.0 Å². The van der Waals surface area contributed by atoms with E-state index >= 15 is 0 Å². The number of hydrogen-bond acceptors (Lipinski definition) is 4. The Balaban J connectivity index is 3.03. The molecule has 0 fully saturated rings. The first-order valence-corrected chi connectivity index (χ1v) is 5.71. The van der Waals surface area contributed by atoms with Crippen LogP contribution < -0.4 is 4.72 Å². The molecule has 6 heteroatoms. The number of nitrogens with zero attached hydrogens (tertiary/aromatic N) is 2. The Bertz CT molecular complexity index is 474. The van der Waals surface area contributed by atoms with Crippen LogP contribution in [0, 0.1) is 11.3 Å². The van der Waals surface area contributed by atoms with E-state index in [4.69, 9.17) is 5.26 Å². The first kappa shape index (κ1) is 11.6. The van der Waals surface area contributed by atoms with Crippen LogP contribution in [-0.2, 0) is 10.0 Å². The average Bonchev–Trinajstić information content (AvgIpc) is 2.18. The molecule has 1 N–H and O–H groups in total. The van der Waals surface area contributed by atoms with Crippen molar-refractivity contribution in [2.24, 2.45) is 0 Å². The highest BCUT2D eigenvalue weighted by Gasteiger charge is 2.25. The molecule has 0 aliphatic heterocycles. The van der Waals surface area contributed by atoms with E-state index in [9.17, 15) is 8.42 Å². The van der Waals surface area contributed by atoms with Crippen LogP contribution in [0.3, 0.4) is 0 Å². The highest BCUT2D eigenvalue weighted by atomic mass is 32.2. The number of rotatable bonds is 3. The fourth-order valence-electron chi connectivity index (χ4n) is 0.924. The standard InChI is InChI=1S/C9H11N3O2S/c1-9(2,7-10)12-15(13,14)8-4-3-5-11-6-8/h3-6,12H,1-2H3. The van der Waals surface area contributed by atoms with E-state index in [0.717, 1.165) is 0 Å². The van der Waals surface area contributed by atoms with Gasteiger partial charge in [0.05, 0.1) is 6.07 Å². The van der Waals surface area contributed by atoms with Gasteiger partial charge in [0.15, 0.2) is 0 Å². The van der Waals surface area contributed by atoms with Crippen molar-refractivity contribution < 1.29 is 8.42 Å². The SMILES string of the molecule is CC(C)(C#N)NS(=O)(=O)c1cccnc1. The highest BCUT2D eigenvalue weighted by molar-refractivity contribution is 7.89. The van der Waals surface area contributed by atoms with E-state index < -0.39 is 15.6 Å². The fraction of sp³-hybridized carbons (Fsp3) is 0.333.